The summed E-state index contributed by atoms with van der Waals surface area (Å²) in [5, 5.41) is 3.45. The van der Waals surface area contributed by atoms with Crippen LogP contribution in [0.4, 0.5) is 5.69 Å². The average Bonchev–Trinajstić information content (AvgIpc) is 2.61. The van der Waals surface area contributed by atoms with Crippen LogP contribution in [0.2, 0.25) is 0 Å². The van der Waals surface area contributed by atoms with Gasteiger partial charge in [0.25, 0.3) is 0 Å². The first-order valence-electron chi connectivity index (χ1n) is 5.73. The predicted octanol–water partition coefficient (Wildman–Crippen LogP) is 3.25. The molecule has 2 nitrogen and oxygen atoms in total. The van der Waals surface area contributed by atoms with Gasteiger partial charge in [-0.25, -0.2) is 0 Å². The third kappa shape index (κ3) is 1.94. The summed E-state index contributed by atoms with van der Waals surface area (Å²) >= 11 is 0. The summed E-state index contributed by atoms with van der Waals surface area (Å²) < 4.78 is 5.53. The molecule has 0 spiro atoms. The van der Waals surface area contributed by atoms with Gasteiger partial charge in [0.15, 0.2) is 0 Å². The van der Waals surface area contributed by atoms with Crippen molar-refractivity contribution in [3.63, 3.8) is 0 Å². The molecule has 0 radical (unpaired) electrons. The van der Waals surface area contributed by atoms with Crippen LogP contribution < -0.4 is 10.1 Å². The van der Waals surface area contributed by atoms with E-state index in [1.54, 1.807) is 0 Å². The lowest BCUT2D eigenvalue weighted by atomic mass is 9.90. The van der Waals surface area contributed by atoms with Crippen molar-refractivity contribution < 1.29 is 4.74 Å². The summed E-state index contributed by atoms with van der Waals surface area (Å²) in [6, 6.07) is 6.35. The molecular weight excluding hydrogens is 186 g/mol. The second kappa shape index (κ2) is 4.13. The van der Waals surface area contributed by atoms with Gasteiger partial charge < -0.3 is 10.1 Å². The molecule has 0 fully saturated rings. The topological polar surface area (TPSA) is 21.3 Å². The molecule has 82 valence electrons. The van der Waals surface area contributed by atoms with Gasteiger partial charge in [0.05, 0.1) is 6.61 Å². The number of hydrogen-bond acceptors (Lipinski definition) is 2. The van der Waals surface area contributed by atoms with E-state index in [4.69, 9.17) is 4.74 Å². The average molecular weight is 205 g/mol. The van der Waals surface area contributed by atoms with Crippen LogP contribution in [0, 0.1) is 5.92 Å². The first-order valence-corrected chi connectivity index (χ1v) is 5.73. The Labute approximate surface area is 91.6 Å². The van der Waals surface area contributed by atoms with E-state index in [-0.39, 0.29) is 0 Å². The molecule has 0 bridgehead atoms. The molecule has 1 heterocycles. The highest BCUT2D eigenvalue weighted by molar-refractivity contribution is 5.60. The molecule has 15 heavy (non-hydrogen) atoms. The molecule has 1 aliphatic heterocycles. The summed E-state index contributed by atoms with van der Waals surface area (Å²) in [6.07, 6.45) is 0. The molecule has 0 saturated heterocycles. The van der Waals surface area contributed by atoms with Crippen molar-refractivity contribution in [3.05, 3.63) is 23.8 Å². The van der Waals surface area contributed by atoms with E-state index in [1.807, 2.05) is 13.0 Å². The van der Waals surface area contributed by atoms with Crippen molar-refractivity contribution in [1.82, 2.24) is 0 Å². The summed E-state index contributed by atoms with van der Waals surface area (Å²) in [5.41, 5.74) is 2.69. The van der Waals surface area contributed by atoms with E-state index < -0.39 is 0 Å². The third-order valence-corrected chi connectivity index (χ3v) is 3.05. The zero-order valence-corrected chi connectivity index (χ0v) is 9.71. The number of nitrogens with one attached hydrogen (secondary N) is 1. The summed E-state index contributed by atoms with van der Waals surface area (Å²) in [4.78, 5) is 0. The molecule has 0 amide bonds. The zero-order chi connectivity index (χ0) is 10.8. The minimum atomic E-state index is 0.625. The molecule has 0 aliphatic carbocycles. The summed E-state index contributed by atoms with van der Waals surface area (Å²) in [6.45, 7) is 8.36. The van der Waals surface area contributed by atoms with Crippen LogP contribution in [0.3, 0.4) is 0 Å². The number of benzene rings is 1. The zero-order valence-electron chi connectivity index (χ0n) is 9.71. The monoisotopic (exact) mass is 205 g/mol. The number of ether oxygens (including phenoxy) is 1. The quantitative estimate of drug-likeness (QED) is 0.817. The highest BCUT2D eigenvalue weighted by atomic mass is 16.5. The van der Waals surface area contributed by atoms with Gasteiger partial charge in [-0.15, -0.1) is 0 Å². The molecule has 1 N–H and O–H groups in total. The molecule has 0 aromatic heterocycles. The Morgan fingerprint density at radius 3 is 2.93 bits per heavy atom. The van der Waals surface area contributed by atoms with Crippen LogP contribution in [0.1, 0.15) is 32.3 Å². The van der Waals surface area contributed by atoms with Crippen molar-refractivity contribution in [3.8, 4) is 5.75 Å². The van der Waals surface area contributed by atoms with Gasteiger partial charge in [0.1, 0.15) is 5.75 Å². The van der Waals surface area contributed by atoms with E-state index in [1.165, 1.54) is 11.3 Å². The minimum Gasteiger partial charge on any atom is -0.494 e. The van der Waals surface area contributed by atoms with Gasteiger partial charge in [0, 0.05) is 18.2 Å². The maximum absolute atomic E-state index is 5.53. The van der Waals surface area contributed by atoms with Gasteiger partial charge in [-0.2, -0.15) is 0 Å². The molecule has 1 aromatic carbocycles. The SMILES string of the molecule is CCOc1ccc2c(c1)C(C(C)C)CN2. The Morgan fingerprint density at radius 1 is 1.47 bits per heavy atom. The van der Waals surface area contributed by atoms with Gasteiger partial charge in [-0.05, 0) is 36.6 Å². The molecule has 2 rings (SSSR count). The van der Waals surface area contributed by atoms with Crippen molar-refractivity contribution in [1.29, 1.82) is 0 Å². The fourth-order valence-corrected chi connectivity index (χ4v) is 2.19. The molecule has 1 aliphatic rings. The van der Waals surface area contributed by atoms with Gasteiger partial charge in [0.2, 0.25) is 0 Å². The first kappa shape index (κ1) is 10.3. The number of hydrogen-bond donors (Lipinski definition) is 1. The van der Waals surface area contributed by atoms with Crippen molar-refractivity contribution in [2.75, 3.05) is 18.5 Å². The van der Waals surface area contributed by atoms with Crippen LogP contribution in [0.15, 0.2) is 18.2 Å². The Hall–Kier alpha value is -1.18. The van der Waals surface area contributed by atoms with Crippen LogP contribution in [-0.2, 0) is 0 Å². The van der Waals surface area contributed by atoms with Crippen LogP contribution in [-0.4, -0.2) is 13.2 Å². The number of rotatable bonds is 3. The molecular formula is C13H19NO. The van der Waals surface area contributed by atoms with E-state index >= 15 is 0 Å². The highest BCUT2D eigenvalue weighted by Gasteiger charge is 2.24. The number of anilines is 1. The highest BCUT2D eigenvalue weighted by Crippen LogP contribution is 2.38. The Bertz CT molecular complexity index is 346. The Kier molecular flexibility index (Phi) is 2.85. The molecule has 1 aromatic rings. The lowest BCUT2D eigenvalue weighted by molar-refractivity contribution is 0.339. The fraction of sp³-hybridized carbons (Fsp3) is 0.538. The summed E-state index contributed by atoms with van der Waals surface area (Å²) in [7, 11) is 0. The van der Waals surface area contributed by atoms with E-state index in [2.05, 4.69) is 31.3 Å². The second-order valence-electron chi connectivity index (χ2n) is 4.41. The molecule has 1 unspecified atom stereocenters. The maximum Gasteiger partial charge on any atom is 0.119 e. The standard InChI is InChI=1S/C13H19NO/c1-4-15-10-5-6-13-11(7-10)12(8-14-13)9(2)3/h5-7,9,12,14H,4,8H2,1-3H3. The number of fused-ring (bicyclic) bond motifs is 1. The smallest absolute Gasteiger partial charge is 0.119 e. The lowest BCUT2D eigenvalue weighted by Crippen LogP contribution is -2.08. The molecule has 0 saturated carbocycles. The Morgan fingerprint density at radius 2 is 2.27 bits per heavy atom. The van der Waals surface area contributed by atoms with Crippen LogP contribution >= 0.6 is 0 Å². The maximum atomic E-state index is 5.53. The third-order valence-electron chi connectivity index (χ3n) is 3.05. The van der Waals surface area contributed by atoms with E-state index in [0.717, 1.165) is 18.9 Å². The van der Waals surface area contributed by atoms with Crippen molar-refractivity contribution in [2.24, 2.45) is 5.92 Å². The minimum absolute atomic E-state index is 0.625. The fourth-order valence-electron chi connectivity index (χ4n) is 2.19. The molecule has 1 atom stereocenters. The normalized spacial score (nSPS) is 18.8. The van der Waals surface area contributed by atoms with Gasteiger partial charge in [-0.3, -0.25) is 0 Å². The lowest BCUT2D eigenvalue weighted by Gasteiger charge is -2.14. The first-order chi connectivity index (χ1) is 7.22. The van der Waals surface area contributed by atoms with Crippen LogP contribution in [0.25, 0.3) is 0 Å². The predicted molar refractivity (Wildman–Crippen MR) is 63.7 cm³/mol. The largest absolute Gasteiger partial charge is 0.494 e. The van der Waals surface area contributed by atoms with E-state index in [0.29, 0.717) is 11.8 Å². The van der Waals surface area contributed by atoms with Crippen molar-refractivity contribution >= 4 is 5.69 Å². The summed E-state index contributed by atoms with van der Waals surface area (Å²) in [5.74, 6) is 2.29. The van der Waals surface area contributed by atoms with Gasteiger partial charge >= 0.3 is 0 Å². The van der Waals surface area contributed by atoms with E-state index in [9.17, 15) is 0 Å². The molecule has 2 heteroatoms. The van der Waals surface area contributed by atoms with Crippen molar-refractivity contribution in [2.45, 2.75) is 26.7 Å². The Balaban J connectivity index is 2.29. The second-order valence-corrected chi connectivity index (χ2v) is 4.41. The van der Waals surface area contributed by atoms with Gasteiger partial charge in [-0.1, -0.05) is 13.8 Å². The van der Waals surface area contributed by atoms with Crippen LogP contribution in [0.5, 0.6) is 5.75 Å².